The van der Waals surface area contributed by atoms with E-state index in [2.05, 4.69) is 54.3 Å². The number of thioether (sulfide) groups is 1. The molecule has 0 bridgehead atoms. The van der Waals surface area contributed by atoms with Crippen LogP contribution in [-0.2, 0) is 6.42 Å². The van der Waals surface area contributed by atoms with E-state index >= 15 is 0 Å². The van der Waals surface area contributed by atoms with Gasteiger partial charge in [0.25, 0.3) is 0 Å². The molecular weight excluding hydrogens is 226 g/mol. The van der Waals surface area contributed by atoms with Crippen LogP contribution in [0, 0.1) is 5.92 Å². The van der Waals surface area contributed by atoms with Gasteiger partial charge in [-0.05, 0) is 55.7 Å². The second-order valence-electron chi connectivity index (χ2n) is 5.05. The van der Waals surface area contributed by atoms with Gasteiger partial charge in [0.2, 0.25) is 0 Å². The lowest BCUT2D eigenvalue weighted by Crippen LogP contribution is -2.34. The van der Waals surface area contributed by atoms with E-state index < -0.39 is 0 Å². The second-order valence-corrected chi connectivity index (χ2v) is 6.28. The van der Waals surface area contributed by atoms with Crippen LogP contribution < -0.4 is 5.32 Å². The fraction of sp³-hybridized carbons (Fsp3) is 0.600. The van der Waals surface area contributed by atoms with Gasteiger partial charge >= 0.3 is 0 Å². The molecule has 1 nitrogen and oxygen atoms in total. The molecule has 0 saturated carbocycles. The Labute approximate surface area is 109 Å². The van der Waals surface area contributed by atoms with Gasteiger partial charge in [0.15, 0.2) is 0 Å². The molecule has 1 aromatic rings. The normalized spacial score (nSPS) is 19.1. The Morgan fingerprint density at radius 1 is 1.24 bits per heavy atom. The molecule has 1 saturated heterocycles. The first kappa shape index (κ1) is 13.0. The summed E-state index contributed by atoms with van der Waals surface area (Å²) in [7, 11) is 0. The summed E-state index contributed by atoms with van der Waals surface area (Å²) in [5, 5.41) is 3.69. The molecule has 1 fully saturated rings. The van der Waals surface area contributed by atoms with Crippen molar-refractivity contribution in [2.75, 3.05) is 18.1 Å². The van der Waals surface area contributed by atoms with Gasteiger partial charge in [0, 0.05) is 6.04 Å². The molecule has 0 amide bonds. The molecule has 1 unspecified atom stereocenters. The largest absolute Gasteiger partial charge is 0.314 e. The third-order valence-corrected chi connectivity index (χ3v) is 4.53. The van der Waals surface area contributed by atoms with Crippen LogP contribution in [0.5, 0.6) is 0 Å². The monoisotopic (exact) mass is 249 g/mol. The highest BCUT2D eigenvalue weighted by Gasteiger charge is 2.14. The van der Waals surface area contributed by atoms with E-state index in [0.29, 0.717) is 6.04 Å². The lowest BCUT2D eigenvalue weighted by atomic mass is 10.0. The Hall–Kier alpha value is -0.470. The minimum absolute atomic E-state index is 0.590. The van der Waals surface area contributed by atoms with Crippen LogP contribution in [-0.4, -0.2) is 24.1 Å². The number of nitrogens with one attached hydrogen (secondary N) is 1. The van der Waals surface area contributed by atoms with E-state index in [9.17, 15) is 0 Å². The maximum Gasteiger partial charge on any atom is 0.00792 e. The van der Waals surface area contributed by atoms with Crippen LogP contribution in [0.1, 0.15) is 25.3 Å². The Bertz CT molecular complexity index is 306. The number of hydrogen-bond acceptors (Lipinski definition) is 2. The molecule has 94 valence electrons. The van der Waals surface area contributed by atoms with Crippen LogP contribution in [0.4, 0.5) is 0 Å². The van der Waals surface area contributed by atoms with Gasteiger partial charge in [0.05, 0.1) is 0 Å². The van der Waals surface area contributed by atoms with Crippen molar-refractivity contribution in [3.63, 3.8) is 0 Å². The summed E-state index contributed by atoms with van der Waals surface area (Å²) in [6.45, 7) is 3.50. The van der Waals surface area contributed by atoms with E-state index in [0.717, 1.165) is 12.3 Å². The Balaban J connectivity index is 1.68. The predicted octanol–water partition coefficient (Wildman–Crippen LogP) is 3.35. The SMILES string of the molecule is CC(Cc1ccccc1)NCC1CCSCC1. The average Bonchev–Trinajstić information content (AvgIpc) is 2.39. The van der Waals surface area contributed by atoms with Crippen LogP contribution in [0.2, 0.25) is 0 Å². The smallest absolute Gasteiger partial charge is 0.00792 e. The summed E-state index contributed by atoms with van der Waals surface area (Å²) in [6, 6.07) is 11.4. The number of hydrogen-bond donors (Lipinski definition) is 1. The van der Waals surface area contributed by atoms with Crippen molar-refractivity contribution in [1.82, 2.24) is 5.32 Å². The molecule has 1 aliphatic heterocycles. The van der Waals surface area contributed by atoms with Gasteiger partial charge in [-0.25, -0.2) is 0 Å². The minimum atomic E-state index is 0.590. The standard InChI is InChI=1S/C15H23NS/c1-13(11-14-5-3-2-4-6-14)16-12-15-7-9-17-10-8-15/h2-6,13,15-16H,7-12H2,1H3. The van der Waals surface area contributed by atoms with Crippen molar-refractivity contribution >= 4 is 11.8 Å². The summed E-state index contributed by atoms with van der Waals surface area (Å²) < 4.78 is 0. The van der Waals surface area contributed by atoms with E-state index in [4.69, 9.17) is 0 Å². The zero-order valence-electron chi connectivity index (χ0n) is 10.7. The molecule has 1 atom stereocenters. The molecule has 0 radical (unpaired) electrons. The van der Waals surface area contributed by atoms with Crippen molar-refractivity contribution in [3.05, 3.63) is 35.9 Å². The van der Waals surface area contributed by atoms with Crippen molar-refractivity contribution in [1.29, 1.82) is 0 Å². The van der Waals surface area contributed by atoms with E-state index in [1.807, 2.05) is 0 Å². The van der Waals surface area contributed by atoms with Crippen molar-refractivity contribution in [3.8, 4) is 0 Å². The van der Waals surface area contributed by atoms with E-state index in [1.165, 1.54) is 36.5 Å². The Kier molecular flexibility index (Phi) is 5.40. The fourth-order valence-corrected chi connectivity index (χ4v) is 3.56. The summed E-state index contributed by atoms with van der Waals surface area (Å²) >= 11 is 2.11. The van der Waals surface area contributed by atoms with Crippen molar-refractivity contribution in [2.45, 2.75) is 32.2 Å². The molecule has 1 N–H and O–H groups in total. The number of benzene rings is 1. The van der Waals surface area contributed by atoms with E-state index in [-0.39, 0.29) is 0 Å². The summed E-state index contributed by atoms with van der Waals surface area (Å²) in [4.78, 5) is 0. The Morgan fingerprint density at radius 2 is 1.94 bits per heavy atom. The van der Waals surface area contributed by atoms with Crippen LogP contribution in [0.3, 0.4) is 0 Å². The maximum atomic E-state index is 3.69. The molecule has 0 spiro atoms. The quantitative estimate of drug-likeness (QED) is 0.859. The highest BCUT2D eigenvalue weighted by atomic mass is 32.2. The van der Waals surface area contributed by atoms with Gasteiger partial charge in [-0.15, -0.1) is 0 Å². The van der Waals surface area contributed by atoms with Gasteiger partial charge < -0.3 is 5.32 Å². The highest BCUT2D eigenvalue weighted by Crippen LogP contribution is 2.22. The third-order valence-electron chi connectivity index (χ3n) is 3.48. The first-order chi connectivity index (χ1) is 8.34. The predicted molar refractivity (Wildman–Crippen MR) is 77.7 cm³/mol. The lowest BCUT2D eigenvalue weighted by molar-refractivity contribution is 0.415. The molecule has 17 heavy (non-hydrogen) atoms. The molecule has 2 rings (SSSR count). The summed E-state index contributed by atoms with van der Waals surface area (Å²) in [6.07, 6.45) is 3.94. The highest BCUT2D eigenvalue weighted by molar-refractivity contribution is 7.99. The summed E-state index contributed by atoms with van der Waals surface area (Å²) in [5.41, 5.74) is 1.44. The first-order valence-electron chi connectivity index (χ1n) is 6.69. The lowest BCUT2D eigenvalue weighted by Gasteiger charge is -2.24. The van der Waals surface area contributed by atoms with Crippen molar-refractivity contribution in [2.24, 2.45) is 5.92 Å². The molecule has 0 aromatic heterocycles. The maximum absolute atomic E-state index is 3.69. The molecule has 2 heteroatoms. The summed E-state index contributed by atoms with van der Waals surface area (Å²) in [5.74, 6) is 3.63. The third kappa shape index (κ3) is 4.72. The van der Waals surface area contributed by atoms with Crippen LogP contribution in [0.15, 0.2) is 30.3 Å². The molecule has 1 heterocycles. The van der Waals surface area contributed by atoms with Gasteiger partial charge in [-0.1, -0.05) is 30.3 Å². The topological polar surface area (TPSA) is 12.0 Å². The fourth-order valence-electron chi connectivity index (χ4n) is 2.36. The zero-order chi connectivity index (χ0) is 11.9. The van der Waals surface area contributed by atoms with Gasteiger partial charge in [-0.2, -0.15) is 11.8 Å². The zero-order valence-corrected chi connectivity index (χ0v) is 11.5. The Morgan fingerprint density at radius 3 is 2.65 bits per heavy atom. The van der Waals surface area contributed by atoms with Crippen molar-refractivity contribution < 1.29 is 0 Å². The van der Waals surface area contributed by atoms with Crippen LogP contribution in [0.25, 0.3) is 0 Å². The van der Waals surface area contributed by atoms with E-state index in [1.54, 1.807) is 0 Å². The average molecular weight is 249 g/mol. The van der Waals surface area contributed by atoms with Gasteiger partial charge in [-0.3, -0.25) is 0 Å². The first-order valence-corrected chi connectivity index (χ1v) is 7.85. The molecular formula is C15H23NS. The molecule has 1 aromatic carbocycles. The molecule has 0 aliphatic carbocycles. The van der Waals surface area contributed by atoms with Gasteiger partial charge in [0.1, 0.15) is 0 Å². The minimum Gasteiger partial charge on any atom is -0.314 e. The molecule has 1 aliphatic rings. The second kappa shape index (κ2) is 7.07. The number of rotatable bonds is 5. The van der Waals surface area contributed by atoms with Crippen LogP contribution >= 0.6 is 11.8 Å².